The van der Waals surface area contributed by atoms with Crippen LogP contribution in [0.1, 0.15) is 23.2 Å². The zero-order valence-electron chi connectivity index (χ0n) is 12.5. The number of anilines is 2. The topological polar surface area (TPSA) is 33.1 Å². The number of rotatable bonds is 4. The first kappa shape index (κ1) is 13.0. The Morgan fingerprint density at radius 2 is 2.05 bits per heavy atom. The molecule has 0 unspecified atom stereocenters. The zero-order chi connectivity index (χ0) is 14.1. The predicted octanol–water partition coefficient (Wildman–Crippen LogP) is 2.59. The molecule has 1 aromatic heterocycles. The Balaban J connectivity index is 1.70. The summed E-state index contributed by atoms with van der Waals surface area (Å²) in [5.74, 6) is 0.982. The van der Waals surface area contributed by atoms with Gasteiger partial charge in [0.2, 0.25) is 5.95 Å². The predicted molar refractivity (Wildman–Crippen MR) is 83.3 cm³/mol. The number of nitrogens with one attached hydrogen (secondary N) is 1. The van der Waals surface area contributed by atoms with Crippen LogP contribution in [0.2, 0.25) is 0 Å². The summed E-state index contributed by atoms with van der Waals surface area (Å²) in [6.45, 7) is 0.802. The Hall–Kier alpha value is -1.97. The van der Waals surface area contributed by atoms with E-state index in [0.29, 0.717) is 0 Å². The lowest BCUT2D eigenvalue weighted by Gasteiger charge is -2.13. The lowest BCUT2D eigenvalue weighted by Crippen LogP contribution is -2.15. The monoisotopic (exact) mass is 270 g/mol. The van der Waals surface area contributed by atoms with Crippen LogP contribution in [0.15, 0.2) is 24.4 Å². The summed E-state index contributed by atoms with van der Waals surface area (Å²) in [5.41, 5.74) is 5.42. The number of fused-ring (bicyclic) bond motifs is 1. The zero-order valence-corrected chi connectivity index (χ0v) is 12.5. The molecule has 1 heterocycles. The van der Waals surface area contributed by atoms with Crippen LogP contribution < -0.4 is 10.2 Å². The molecule has 4 heteroatoms. The second kappa shape index (κ2) is 5.19. The van der Waals surface area contributed by atoms with Crippen LogP contribution >= 0.6 is 0 Å². The van der Waals surface area contributed by atoms with E-state index in [9.17, 15) is 0 Å². The fourth-order valence-corrected chi connectivity index (χ4v) is 2.89. The van der Waals surface area contributed by atoms with E-state index in [4.69, 9.17) is 0 Å². The van der Waals surface area contributed by atoms with Crippen molar-refractivity contribution >= 4 is 11.6 Å². The van der Waals surface area contributed by atoms with Crippen LogP contribution in [0.4, 0.5) is 11.6 Å². The van der Waals surface area contributed by atoms with Crippen LogP contribution in [-0.2, 0) is 26.4 Å². The van der Waals surface area contributed by atoms with Gasteiger partial charge in [0.25, 0.3) is 0 Å². The molecule has 0 radical (unpaired) electrons. The number of hydrogen-bond donors (Lipinski definition) is 1. The van der Waals surface area contributed by atoms with Gasteiger partial charge in [-0.25, -0.2) is 4.98 Å². The molecule has 0 saturated carbocycles. The molecule has 4 nitrogen and oxygen atoms in total. The van der Waals surface area contributed by atoms with Gasteiger partial charge in [0, 0.05) is 26.8 Å². The minimum absolute atomic E-state index is 0.802. The Kier molecular flexibility index (Phi) is 3.38. The molecule has 106 valence electrons. The van der Waals surface area contributed by atoms with E-state index < -0.39 is 0 Å². The lowest BCUT2D eigenvalue weighted by molar-refractivity contribution is 0.814. The standard InChI is InChI=1S/C16H22N4/c1-19(2)16-18-11-15(20(16)3)10-17-14-8-7-12-5-4-6-13(12)9-14/h7-9,11,17H,4-6,10H2,1-3H3. The fraction of sp³-hybridized carbons (Fsp3) is 0.438. The van der Waals surface area contributed by atoms with Gasteiger partial charge in [-0.3, -0.25) is 0 Å². The van der Waals surface area contributed by atoms with Crippen molar-refractivity contribution in [2.45, 2.75) is 25.8 Å². The molecule has 0 bridgehead atoms. The van der Waals surface area contributed by atoms with Crippen molar-refractivity contribution in [3.05, 3.63) is 41.2 Å². The van der Waals surface area contributed by atoms with Gasteiger partial charge in [0.1, 0.15) is 0 Å². The van der Waals surface area contributed by atoms with Gasteiger partial charge < -0.3 is 14.8 Å². The molecule has 2 aromatic rings. The summed E-state index contributed by atoms with van der Waals surface area (Å²) in [7, 11) is 6.09. The van der Waals surface area contributed by atoms with Crippen molar-refractivity contribution in [1.29, 1.82) is 0 Å². The van der Waals surface area contributed by atoms with E-state index in [1.807, 2.05) is 25.2 Å². The summed E-state index contributed by atoms with van der Waals surface area (Å²) in [6, 6.07) is 6.75. The maximum Gasteiger partial charge on any atom is 0.204 e. The van der Waals surface area contributed by atoms with Crippen molar-refractivity contribution in [1.82, 2.24) is 9.55 Å². The average molecular weight is 270 g/mol. The minimum atomic E-state index is 0.802. The number of imidazole rings is 1. The summed E-state index contributed by atoms with van der Waals surface area (Å²) in [5, 5.41) is 3.50. The highest BCUT2D eigenvalue weighted by molar-refractivity contribution is 5.50. The Labute approximate surface area is 120 Å². The lowest BCUT2D eigenvalue weighted by atomic mass is 10.1. The molecule has 20 heavy (non-hydrogen) atoms. The molecular weight excluding hydrogens is 248 g/mol. The van der Waals surface area contributed by atoms with Crippen LogP contribution in [0.25, 0.3) is 0 Å². The number of aryl methyl sites for hydroxylation is 2. The van der Waals surface area contributed by atoms with E-state index in [1.165, 1.54) is 41.8 Å². The quantitative estimate of drug-likeness (QED) is 0.927. The van der Waals surface area contributed by atoms with Crippen molar-refractivity contribution < 1.29 is 0 Å². The van der Waals surface area contributed by atoms with Gasteiger partial charge in [0.05, 0.1) is 18.4 Å². The molecule has 0 atom stereocenters. The number of aromatic nitrogens is 2. The summed E-state index contributed by atoms with van der Waals surface area (Å²) < 4.78 is 2.13. The SMILES string of the molecule is CN(C)c1ncc(CNc2ccc3c(c2)CCC3)n1C. The maximum atomic E-state index is 4.43. The van der Waals surface area contributed by atoms with Crippen LogP contribution in [0, 0.1) is 0 Å². The first-order valence-corrected chi connectivity index (χ1v) is 7.19. The van der Waals surface area contributed by atoms with E-state index >= 15 is 0 Å². The molecule has 1 N–H and O–H groups in total. The fourth-order valence-electron chi connectivity index (χ4n) is 2.89. The largest absolute Gasteiger partial charge is 0.379 e. The van der Waals surface area contributed by atoms with Gasteiger partial charge in [-0.2, -0.15) is 0 Å². The Morgan fingerprint density at radius 3 is 2.80 bits per heavy atom. The van der Waals surface area contributed by atoms with Crippen LogP contribution in [0.3, 0.4) is 0 Å². The first-order valence-electron chi connectivity index (χ1n) is 7.19. The highest BCUT2D eigenvalue weighted by Crippen LogP contribution is 2.25. The number of hydrogen-bond acceptors (Lipinski definition) is 3. The molecule has 0 fully saturated rings. The average Bonchev–Trinajstić information content (AvgIpc) is 3.02. The van der Waals surface area contributed by atoms with Gasteiger partial charge >= 0.3 is 0 Å². The Morgan fingerprint density at radius 1 is 1.25 bits per heavy atom. The molecule has 1 aliphatic carbocycles. The highest BCUT2D eigenvalue weighted by Gasteiger charge is 2.11. The normalized spacial score (nSPS) is 13.3. The molecule has 0 amide bonds. The van der Waals surface area contributed by atoms with Crippen molar-refractivity contribution in [3.8, 4) is 0 Å². The molecule has 0 saturated heterocycles. The molecule has 1 aliphatic rings. The maximum absolute atomic E-state index is 4.43. The van der Waals surface area contributed by atoms with Crippen molar-refractivity contribution in [3.63, 3.8) is 0 Å². The molecular formula is C16H22N4. The van der Waals surface area contributed by atoms with Crippen molar-refractivity contribution in [2.24, 2.45) is 7.05 Å². The van der Waals surface area contributed by atoms with Gasteiger partial charge in [-0.1, -0.05) is 6.07 Å². The molecule has 0 spiro atoms. The molecule has 3 rings (SSSR count). The second-order valence-corrected chi connectivity index (χ2v) is 5.69. The van der Waals surface area contributed by atoms with E-state index in [0.717, 1.165) is 12.5 Å². The summed E-state index contributed by atoms with van der Waals surface area (Å²) in [6.07, 6.45) is 5.70. The summed E-state index contributed by atoms with van der Waals surface area (Å²) >= 11 is 0. The molecule has 0 aliphatic heterocycles. The number of benzene rings is 1. The van der Waals surface area contributed by atoms with Gasteiger partial charge in [-0.05, 0) is 42.5 Å². The molecule has 1 aromatic carbocycles. The third kappa shape index (κ3) is 2.38. The van der Waals surface area contributed by atoms with Gasteiger partial charge in [0.15, 0.2) is 0 Å². The van der Waals surface area contributed by atoms with E-state index in [-0.39, 0.29) is 0 Å². The smallest absolute Gasteiger partial charge is 0.204 e. The minimum Gasteiger partial charge on any atom is -0.379 e. The number of nitrogens with zero attached hydrogens (tertiary/aromatic N) is 3. The first-order chi connectivity index (χ1) is 9.65. The van der Waals surface area contributed by atoms with Crippen molar-refractivity contribution in [2.75, 3.05) is 24.3 Å². The third-order valence-electron chi connectivity index (χ3n) is 4.03. The third-order valence-corrected chi connectivity index (χ3v) is 4.03. The second-order valence-electron chi connectivity index (χ2n) is 5.69. The van der Waals surface area contributed by atoms with E-state index in [1.54, 1.807) is 0 Å². The summed E-state index contributed by atoms with van der Waals surface area (Å²) in [4.78, 5) is 6.46. The highest BCUT2D eigenvalue weighted by atomic mass is 15.3. The van der Waals surface area contributed by atoms with Crippen LogP contribution in [-0.4, -0.2) is 23.6 Å². The van der Waals surface area contributed by atoms with E-state index in [2.05, 4.69) is 40.1 Å². The Bertz CT molecular complexity index is 613. The van der Waals surface area contributed by atoms with Gasteiger partial charge in [-0.15, -0.1) is 0 Å². The van der Waals surface area contributed by atoms with Crippen LogP contribution in [0.5, 0.6) is 0 Å².